The second-order valence-corrected chi connectivity index (χ2v) is 6.46. The van der Waals surface area contributed by atoms with Crippen molar-refractivity contribution in [3.8, 4) is 0 Å². The molecule has 0 saturated heterocycles. The van der Waals surface area contributed by atoms with Gasteiger partial charge in [-0.3, -0.25) is 0 Å². The average molecular weight is 280 g/mol. The maximum absolute atomic E-state index is 13.7. The van der Waals surface area contributed by atoms with Crippen molar-refractivity contribution in [1.82, 2.24) is 4.90 Å². The number of halogens is 1. The van der Waals surface area contributed by atoms with E-state index in [4.69, 9.17) is 5.73 Å². The lowest BCUT2D eigenvalue weighted by atomic mass is 10.0. The van der Waals surface area contributed by atoms with E-state index in [0.29, 0.717) is 17.4 Å². The summed E-state index contributed by atoms with van der Waals surface area (Å²) in [6, 6.07) is 6.59. The Kier molecular flexibility index (Phi) is 7.17. The zero-order valence-electron chi connectivity index (χ0n) is 13.3. The van der Waals surface area contributed by atoms with Crippen molar-refractivity contribution in [2.24, 2.45) is 17.6 Å². The molecule has 1 unspecified atom stereocenters. The molecule has 0 radical (unpaired) electrons. The van der Waals surface area contributed by atoms with Crippen LogP contribution in [0, 0.1) is 17.7 Å². The van der Waals surface area contributed by atoms with Crippen LogP contribution < -0.4 is 5.73 Å². The van der Waals surface area contributed by atoms with Crippen LogP contribution in [-0.2, 0) is 0 Å². The van der Waals surface area contributed by atoms with Crippen LogP contribution in [0.25, 0.3) is 0 Å². The number of nitrogens with zero attached hydrogens (tertiary/aromatic N) is 1. The highest BCUT2D eigenvalue weighted by Crippen LogP contribution is 2.18. The van der Waals surface area contributed by atoms with Crippen molar-refractivity contribution in [3.63, 3.8) is 0 Å². The van der Waals surface area contributed by atoms with Crippen LogP contribution >= 0.6 is 0 Å². The third-order valence-electron chi connectivity index (χ3n) is 3.31. The van der Waals surface area contributed by atoms with Crippen LogP contribution in [0.2, 0.25) is 0 Å². The molecule has 0 spiro atoms. The first-order valence-electron chi connectivity index (χ1n) is 7.62. The van der Waals surface area contributed by atoms with E-state index in [1.807, 2.05) is 6.07 Å². The minimum absolute atomic E-state index is 0.195. The van der Waals surface area contributed by atoms with Crippen LogP contribution in [0.15, 0.2) is 24.3 Å². The number of rotatable bonds is 8. The molecule has 0 heterocycles. The van der Waals surface area contributed by atoms with Crippen molar-refractivity contribution in [3.05, 3.63) is 35.6 Å². The molecule has 20 heavy (non-hydrogen) atoms. The first-order chi connectivity index (χ1) is 9.40. The zero-order chi connectivity index (χ0) is 15.1. The van der Waals surface area contributed by atoms with Crippen LogP contribution in [0.5, 0.6) is 0 Å². The molecule has 0 aromatic heterocycles. The largest absolute Gasteiger partial charge is 0.324 e. The SMILES string of the molecule is CC(C)CN(CCC(N)c1ccccc1F)CC(C)C. The van der Waals surface area contributed by atoms with Gasteiger partial charge in [-0.1, -0.05) is 45.9 Å². The maximum Gasteiger partial charge on any atom is 0.127 e. The fourth-order valence-electron chi connectivity index (χ4n) is 2.54. The molecule has 1 rings (SSSR count). The summed E-state index contributed by atoms with van der Waals surface area (Å²) in [5.74, 6) is 1.08. The standard InChI is InChI=1S/C17H29FN2/c1-13(2)11-20(12-14(3)4)10-9-17(19)15-7-5-6-8-16(15)18/h5-8,13-14,17H,9-12,19H2,1-4H3. The Morgan fingerprint density at radius 3 is 2.10 bits per heavy atom. The first-order valence-corrected chi connectivity index (χ1v) is 7.62. The summed E-state index contributed by atoms with van der Waals surface area (Å²) in [6.45, 7) is 12.0. The summed E-state index contributed by atoms with van der Waals surface area (Å²) in [4.78, 5) is 2.44. The highest BCUT2D eigenvalue weighted by Gasteiger charge is 2.14. The molecule has 0 amide bonds. The topological polar surface area (TPSA) is 29.3 Å². The highest BCUT2D eigenvalue weighted by atomic mass is 19.1. The average Bonchev–Trinajstić information content (AvgIpc) is 2.34. The van der Waals surface area contributed by atoms with E-state index in [1.165, 1.54) is 6.07 Å². The summed E-state index contributed by atoms with van der Waals surface area (Å²) < 4.78 is 13.7. The van der Waals surface area contributed by atoms with Gasteiger partial charge in [0.25, 0.3) is 0 Å². The van der Waals surface area contributed by atoms with E-state index in [2.05, 4.69) is 32.6 Å². The fraction of sp³-hybridized carbons (Fsp3) is 0.647. The molecule has 0 bridgehead atoms. The van der Waals surface area contributed by atoms with E-state index < -0.39 is 0 Å². The van der Waals surface area contributed by atoms with Crippen LogP contribution in [0.3, 0.4) is 0 Å². The Labute approximate surface area is 123 Å². The van der Waals surface area contributed by atoms with Gasteiger partial charge in [0, 0.05) is 24.7 Å². The molecular weight excluding hydrogens is 251 g/mol. The number of hydrogen-bond donors (Lipinski definition) is 1. The Bertz CT molecular complexity index is 380. The molecule has 0 fully saturated rings. The van der Waals surface area contributed by atoms with Gasteiger partial charge in [0.15, 0.2) is 0 Å². The predicted octanol–water partition coefficient (Wildman–Crippen LogP) is 3.83. The van der Waals surface area contributed by atoms with E-state index in [9.17, 15) is 4.39 Å². The van der Waals surface area contributed by atoms with Crippen LogP contribution in [0.4, 0.5) is 4.39 Å². The quantitative estimate of drug-likeness (QED) is 0.784. The van der Waals surface area contributed by atoms with Gasteiger partial charge in [-0.15, -0.1) is 0 Å². The molecule has 2 N–H and O–H groups in total. The zero-order valence-corrected chi connectivity index (χ0v) is 13.3. The van der Waals surface area contributed by atoms with Gasteiger partial charge >= 0.3 is 0 Å². The van der Waals surface area contributed by atoms with E-state index >= 15 is 0 Å². The van der Waals surface area contributed by atoms with Gasteiger partial charge in [0.2, 0.25) is 0 Å². The molecule has 3 heteroatoms. The van der Waals surface area contributed by atoms with Crippen molar-refractivity contribution >= 4 is 0 Å². The highest BCUT2D eigenvalue weighted by molar-refractivity contribution is 5.20. The maximum atomic E-state index is 13.7. The van der Waals surface area contributed by atoms with Gasteiger partial charge in [0.05, 0.1) is 0 Å². The molecule has 1 atom stereocenters. The van der Waals surface area contributed by atoms with E-state index in [-0.39, 0.29) is 11.9 Å². The summed E-state index contributed by atoms with van der Waals surface area (Å²) >= 11 is 0. The van der Waals surface area contributed by atoms with Crippen molar-refractivity contribution in [2.75, 3.05) is 19.6 Å². The van der Waals surface area contributed by atoms with Gasteiger partial charge in [-0.2, -0.15) is 0 Å². The lowest BCUT2D eigenvalue weighted by Gasteiger charge is -2.27. The lowest BCUT2D eigenvalue weighted by molar-refractivity contribution is 0.212. The van der Waals surface area contributed by atoms with Crippen LogP contribution in [0.1, 0.15) is 45.7 Å². The van der Waals surface area contributed by atoms with Gasteiger partial charge in [-0.05, 0) is 30.9 Å². The number of benzene rings is 1. The summed E-state index contributed by atoms with van der Waals surface area (Å²) in [5.41, 5.74) is 6.77. The molecule has 0 saturated carbocycles. The minimum atomic E-state index is -0.224. The third kappa shape index (κ3) is 6.02. The molecule has 1 aromatic rings. The predicted molar refractivity (Wildman–Crippen MR) is 84.1 cm³/mol. The molecular formula is C17H29FN2. The normalized spacial score (nSPS) is 13.4. The minimum Gasteiger partial charge on any atom is -0.324 e. The Morgan fingerprint density at radius 2 is 1.60 bits per heavy atom. The van der Waals surface area contributed by atoms with Crippen molar-refractivity contribution < 1.29 is 4.39 Å². The van der Waals surface area contributed by atoms with Gasteiger partial charge in [0.1, 0.15) is 5.82 Å². The number of hydrogen-bond acceptors (Lipinski definition) is 2. The second kappa shape index (κ2) is 8.38. The van der Waals surface area contributed by atoms with Gasteiger partial charge < -0.3 is 10.6 Å². The van der Waals surface area contributed by atoms with Crippen molar-refractivity contribution in [1.29, 1.82) is 0 Å². The Hall–Kier alpha value is -0.930. The fourth-order valence-corrected chi connectivity index (χ4v) is 2.54. The first kappa shape index (κ1) is 17.1. The molecule has 1 aromatic carbocycles. The Morgan fingerprint density at radius 1 is 1.05 bits per heavy atom. The van der Waals surface area contributed by atoms with E-state index in [0.717, 1.165) is 26.1 Å². The molecule has 0 aliphatic rings. The summed E-state index contributed by atoms with van der Waals surface area (Å²) in [5, 5.41) is 0. The third-order valence-corrected chi connectivity index (χ3v) is 3.31. The molecule has 114 valence electrons. The second-order valence-electron chi connectivity index (χ2n) is 6.46. The Balaban J connectivity index is 2.55. The number of nitrogens with two attached hydrogens (primary N) is 1. The van der Waals surface area contributed by atoms with Gasteiger partial charge in [-0.25, -0.2) is 4.39 Å². The van der Waals surface area contributed by atoms with E-state index in [1.54, 1.807) is 12.1 Å². The lowest BCUT2D eigenvalue weighted by Crippen LogP contribution is -2.33. The molecule has 2 nitrogen and oxygen atoms in total. The summed E-state index contributed by atoms with van der Waals surface area (Å²) in [6.07, 6.45) is 0.792. The molecule has 0 aliphatic heterocycles. The van der Waals surface area contributed by atoms with Crippen molar-refractivity contribution in [2.45, 2.75) is 40.2 Å². The van der Waals surface area contributed by atoms with Crippen LogP contribution in [-0.4, -0.2) is 24.5 Å². The smallest absolute Gasteiger partial charge is 0.127 e. The molecule has 0 aliphatic carbocycles. The summed E-state index contributed by atoms with van der Waals surface area (Å²) in [7, 11) is 0. The monoisotopic (exact) mass is 280 g/mol.